The zero-order chi connectivity index (χ0) is 18.3. The van der Waals surface area contributed by atoms with Gasteiger partial charge in [0.1, 0.15) is 6.10 Å². The van der Waals surface area contributed by atoms with Gasteiger partial charge < -0.3 is 14.7 Å². The number of amides is 1. The summed E-state index contributed by atoms with van der Waals surface area (Å²) in [4.78, 5) is 28.0. The van der Waals surface area contributed by atoms with E-state index in [1.165, 1.54) is 0 Å². The number of aliphatic hydroxyl groups excluding tert-OH is 1. The number of hydrogen-bond donors (Lipinski definition) is 1. The first kappa shape index (κ1) is 17.3. The van der Waals surface area contributed by atoms with Crippen LogP contribution in [0.3, 0.4) is 0 Å². The van der Waals surface area contributed by atoms with E-state index in [0.717, 1.165) is 36.8 Å². The van der Waals surface area contributed by atoms with Crippen LogP contribution in [-0.2, 0) is 14.3 Å². The van der Waals surface area contributed by atoms with E-state index in [1.807, 2.05) is 31.2 Å². The summed E-state index contributed by atoms with van der Waals surface area (Å²) in [5.74, 6) is 0.000442. The maximum atomic E-state index is 13.3. The van der Waals surface area contributed by atoms with E-state index >= 15 is 0 Å². The molecule has 26 heavy (non-hydrogen) atoms. The second-order valence-corrected chi connectivity index (χ2v) is 7.54. The van der Waals surface area contributed by atoms with Crippen LogP contribution in [0.25, 0.3) is 0 Å². The monoisotopic (exact) mass is 355 g/mol. The molecular formula is C21H25NO4. The third-order valence-electron chi connectivity index (χ3n) is 5.81. The Hall–Kier alpha value is -2.14. The highest BCUT2D eigenvalue weighted by atomic mass is 16.5. The third kappa shape index (κ3) is 2.75. The van der Waals surface area contributed by atoms with Crippen LogP contribution in [-0.4, -0.2) is 41.0 Å². The first-order valence-corrected chi connectivity index (χ1v) is 9.55. The van der Waals surface area contributed by atoms with Crippen LogP contribution in [0.4, 0.5) is 0 Å². The summed E-state index contributed by atoms with van der Waals surface area (Å²) in [6.45, 7) is 2.43. The van der Waals surface area contributed by atoms with Crippen LogP contribution in [0.5, 0.6) is 0 Å². The van der Waals surface area contributed by atoms with Crippen molar-refractivity contribution in [3.8, 4) is 0 Å². The summed E-state index contributed by atoms with van der Waals surface area (Å²) in [6.07, 6.45) is 4.08. The Balaban J connectivity index is 1.76. The number of hydrogen-bond acceptors (Lipinski definition) is 4. The fourth-order valence-electron chi connectivity index (χ4n) is 4.46. The Morgan fingerprint density at radius 3 is 2.62 bits per heavy atom. The SMILES string of the molecule is Cc1ccc(C2C3=C(OC4CCCCC4C3=O)C(=O)N2CCCO)cc1. The van der Waals surface area contributed by atoms with Crippen LogP contribution >= 0.6 is 0 Å². The molecule has 1 N–H and O–H groups in total. The Labute approximate surface area is 153 Å². The lowest BCUT2D eigenvalue weighted by Crippen LogP contribution is -2.39. The van der Waals surface area contributed by atoms with Gasteiger partial charge in [0.05, 0.1) is 17.5 Å². The second kappa shape index (κ2) is 6.88. The number of carbonyl (C=O) groups is 2. The van der Waals surface area contributed by atoms with Crippen molar-refractivity contribution in [1.82, 2.24) is 4.90 Å². The Kier molecular flexibility index (Phi) is 4.57. The summed E-state index contributed by atoms with van der Waals surface area (Å²) in [5.41, 5.74) is 2.59. The van der Waals surface area contributed by atoms with Crippen LogP contribution < -0.4 is 0 Å². The lowest BCUT2D eigenvalue weighted by Gasteiger charge is -2.35. The number of ketones is 1. The third-order valence-corrected chi connectivity index (χ3v) is 5.81. The topological polar surface area (TPSA) is 66.8 Å². The minimum absolute atomic E-state index is 0.00905. The number of carbonyl (C=O) groups excluding carboxylic acids is 2. The molecule has 1 amide bonds. The summed E-state index contributed by atoms with van der Waals surface area (Å²) >= 11 is 0. The van der Waals surface area contributed by atoms with Gasteiger partial charge >= 0.3 is 0 Å². The maximum Gasteiger partial charge on any atom is 0.290 e. The normalized spacial score (nSPS) is 28.1. The number of benzene rings is 1. The van der Waals surface area contributed by atoms with Gasteiger partial charge in [-0.3, -0.25) is 9.59 Å². The molecule has 0 saturated heterocycles. The van der Waals surface area contributed by atoms with Crippen molar-refractivity contribution in [2.24, 2.45) is 5.92 Å². The fraction of sp³-hybridized carbons (Fsp3) is 0.524. The van der Waals surface area contributed by atoms with Gasteiger partial charge in [0.15, 0.2) is 11.5 Å². The highest BCUT2D eigenvalue weighted by Gasteiger charge is 2.51. The van der Waals surface area contributed by atoms with E-state index in [0.29, 0.717) is 18.5 Å². The van der Waals surface area contributed by atoms with Crippen LogP contribution in [0.1, 0.15) is 49.3 Å². The van der Waals surface area contributed by atoms with Gasteiger partial charge in [-0.1, -0.05) is 36.2 Å². The van der Waals surface area contributed by atoms with Gasteiger partial charge in [-0.05, 0) is 38.2 Å². The van der Waals surface area contributed by atoms with E-state index in [-0.39, 0.29) is 36.1 Å². The first-order chi connectivity index (χ1) is 12.6. The summed E-state index contributed by atoms with van der Waals surface area (Å²) in [7, 11) is 0. The number of aliphatic hydroxyl groups is 1. The van der Waals surface area contributed by atoms with Gasteiger partial charge in [-0.25, -0.2) is 0 Å². The van der Waals surface area contributed by atoms with Crippen LogP contribution in [0, 0.1) is 12.8 Å². The number of nitrogens with zero attached hydrogens (tertiary/aromatic N) is 1. The number of Topliss-reactive ketones (excluding diaryl/α,β-unsaturated/α-hetero) is 1. The molecule has 2 aliphatic heterocycles. The number of rotatable bonds is 4. The molecular weight excluding hydrogens is 330 g/mol. The molecule has 0 bridgehead atoms. The zero-order valence-electron chi connectivity index (χ0n) is 15.1. The minimum Gasteiger partial charge on any atom is -0.483 e. The molecule has 5 heteroatoms. The van der Waals surface area contributed by atoms with Crippen molar-refractivity contribution in [2.75, 3.05) is 13.2 Å². The standard InChI is InChI=1S/C21H25NO4/c1-13-7-9-14(10-8-13)18-17-19(24)15-5-2-3-6-16(15)26-20(17)21(25)22(18)11-4-12-23/h7-10,15-16,18,23H,2-6,11-12H2,1H3. The number of aryl methyl sites for hydroxylation is 1. The highest BCUT2D eigenvalue weighted by Crippen LogP contribution is 2.46. The molecule has 1 fully saturated rings. The number of ether oxygens (including phenoxy) is 1. The molecule has 2 heterocycles. The van der Waals surface area contributed by atoms with Crippen LogP contribution in [0.15, 0.2) is 35.6 Å². The average molecular weight is 355 g/mol. The van der Waals surface area contributed by atoms with Crippen molar-refractivity contribution in [3.05, 3.63) is 46.7 Å². The quantitative estimate of drug-likeness (QED) is 0.902. The van der Waals surface area contributed by atoms with Crippen LogP contribution in [0.2, 0.25) is 0 Å². The lowest BCUT2D eigenvalue weighted by atomic mass is 9.77. The zero-order valence-corrected chi connectivity index (χ0v) is 15.1. The molecule has 1 saturated carbocycles. The molecule has 0 spiro atoms. The smallest absolute Gasteiger partial charge is 0.290 e. The Morgan fingerprint density at radius 1 is 1.15 bits per heavy atom. The van der Waals surface area contributed by atoms with E-state index in [9.17, 15) is 14.7 Å². The van der Waals surface area contributed by atoms with Gasteiger partial charge in [-0.2, -0.15) is 0 Å². The molecule has 1 aromatic rings. The van der Waals surface area contributed by atoms with Crippen molar-refractivity contribution < 1.29 is 19.4 Å². The van der Waals surface area contributed by atoms with E-state index in [2.05, 4.69) is 0 Å². The second-order valence-electron chi connectivity index (χ2n) is 7.54. The van der Waals surface area contributed by atoms with Gasteiger partial charge in [-0.15, -0.1) is 0 Å². The summed E-state index contributed by atoms with van der Waals surface area (Å²) in [5, 5.41) is 9.24. The average Bonchev–Trinajstić information content (AvgIpc) is 2.93. The Morgan fingerprint density at radius 2 is 1.88 bits per heavy atom. The molecule has 0 radical (unpaired) electrons. The molecule has 3 unspecified atom stereocenters. The minimum atomic E-state index is -0.403. The highest BCUT2D eigenvalue weighted by molar-refractivity contribution is 6.11. The molecule has 0 aromatic heterocycles. The van der Waals surface area contributed by atoms with E-state index in [4.69, 9.17) is 4.74 Å². The van der Waals surface area contributed by atoms with Gasteiger partial charge in [0, 0.05) is 13.2 Å². The van der Waals surface area contributed by atoms with Gasteiger partial charge in [0.25, 0.3) is 5.91 Å². The first-order valence-electron chi connectivity index (χ1n) is 9.55. The van der Waals surface area contributed by atoms with Crippen molar-refractivity contribution in [2.45, 2.75) is 51.2 Å². The molecule has 3 atom stereocenters. The van der Waals surface area contributed by atoms with Crippen molar-refractivity contribution >= 4 is 11.7 Å². The van der Waals surface area contributed by atoms with E-state index in [1.54, 1.807) is 4.90 Å². The Bertz CT molecular complexity index is 752. The lowest BCUT2D eigenvalue weighted by molar-refractivity contribution is -0.135. The number of fused-ring (bicyclic) bond motifs is 1. The van der Waals surface area contributed by atoms with E-state index < -0.39 is 6.04 Å². The summed E-state index contributed by atoms with van der Waals surface area (Å²) in [6, 6.07) is 7.56. The molecule has 1 aliphatic carbocycles. The molecule has 138 valence electrons. The van der Waals surface area contributed by atoms with Crippen molar-refractivity contribution in [1.29, 1.82) is 0 Å². The molecule has 3 aliphatic rings. The molecule has 5 nitrogen and oxygen atoms in total. The van der Waals surface area contributed by atoms with Crippen molar-refractivity contribution in [3.63, 3.8) is 0 Å². The summed E-state index contributed by atoms with van der Waals surface area (Å²) < 4.78 is 6.09. The van der Waals surface area contributed by atoms with Gasteiger partial charge in [0.2, 0.25) is 0 Å². The predicted molar refractivity (Wildman–Crippen MR) is 96.2 cm³/mol. The molecule has 1 aromatic carbocycles. The predicted octanol–water partition coefficient (Wildman–Crippen LogP) is 2.67. The fourth-order valence-corrected chi connectivity index (χ4v) is 4.46. The largest absolute Gasteiger partial charge is 0.483 e. The molecule has 4 rings (SSSR count). The maximum absolute atomic E-state index is 13.3.